The zero-order valence-electron chi connectivity index (χ0n) is 9.62. The van der Waals surface area contributed by atoms with Crippen molar-refractivity contribution in [2.24, 2.45) is 11.7 Å². The van der Waals surface area contributed by atoms with Crippen LogP contribution in [0.4, 0.5) is 0 Å². The number of amides is 1. The fourth-order valence-electron chi connectivity index (χ4n) is 1.73. The van der Waals surface area contributed by atoms with Gasteiger partial charge in [-0.1, -0.05) is 5.16 Å². The van der Waals surface area contributed by atoms with Crippen LogP contribution in [-0.4, -0.2) is 16.6 Å². The van der Waals surface area contributed by atoms with E-state index in [2.05, 4.69) is 10.5 Å². The predicted molar refractivity (Wildman–Crippen MR) is 58.4 cm³/mol. The molecule has 0 aromatic carbocycles. The van der Waals surface area contributed by atoms with Crippen LogP contribution in [0.25, 0.3) is 0 Å². The van der Waals surface area contributed by atoms with E-state index in [1.54, 1.807) is 13.0 Å². The smallest absolute Gasteiger partial charge is 0.240 e. The van der Waals surface area contributed by atoms with Crippen molar-refractivity contribution in [1.29, 1.82) is 0 Å². The molecule has 1 unspecified atom stereocenters. The third-order valence-corrected chi connectivity index (χ3v) is 3.02. The Morgan fingerprint density at radius 3 is 2.94 bits per heavy atom. The maximum Gasteiger partial charge on any atom is 0.240 e. The normalized spacial score (nSPS) is 19.2. The predicted octanol–water partition coefficient (Wildman–Crippen LogP) is 0.727. The molecule has 1 amide bonds. The molecule has 16 heavy (non-hydrogen) atoms. The molecule has 0 bridgehead atoms. The van der Waals surface area contributed by atoms with Crippen molar-refractivity contribution in [2.45, 2.75) is 38.8 Å². The summed E-state index contributed by atoms with van der Waals surface area (Å²) >= 11 is 0. The highest BCUT2D eigenvalue weighted by Crippen LogP contribution is 2.38. The van der Waals surface area contributed by atoms with Gasteiger partial charge < -0.3 is 15.6 Å². The van der Waals surface area contributed by atoms with Crippen LogP contribution < -0.4 is 11.1 Å². The topological polar surface area (TPSA) is 81.2 Å². The first-order valence-electron chi connectivity index (χ1n) is 5.49. The van der Waals surface area contributed by atoms with Crippen LogP contribution in [0.2, 0.25) is 0 Å². The lowest BCUT2D eigenvalue weighted by atomic mass is 9.96. The first kappa shape index (κ1) is 11.1. The van der Waals surface area contributed by atoms with Gasteiger partial charge in [-0.25, -0.2) is 0 Å². The Morgan fingerprint density at radius 1 is 1.75 bits per heavy atom. The average molecular weight is 223 g/mol. The third kappa shape index (κ3) is 2.24. The van der Waals surface area contributed by atoms with E-state index in [-0.39, 0.29) is 5.91 Å². The molecular formula is C11H17N3O2. The average Bonchev–Trinajstić information content (AvgIpc) is 3.00. The minimum atomic E-state index is -0.751. The Labute approximate surface area is 94.4 Å². The number of carbonyl (C=O) groups is 1. The van der Waals surface area contributed by atoms with Crippen molar-refractivity contribution in [3.05, 3.63) is 17.5 Å². The van der Waals surface area contributed by atoms with Gasteiger partial charge in [0.1, 0.15) is 11.5 Å². The summed E-state index contributed by atoms with van der Waals surface area (Å²) < 4.78 is 4.91. The molecule has 2 rings (SSSR count). The van der Waals surface area contributed by atoms with E-state index < -0.39 is 5.54 Å². The van der Waals surface area contributed by atoms with Gasteiger partial charge in [-0.15, -0.1) is 0 Å². The molecule has 5 nitrogen and oxygen atoms in total. The molecule has 0 saturated heterocycles. The number of nitrogens with zero attached hydrogens (tertiary/aromatic N) is 1. The van der Waals surface area contributed by atoms with E-state index in [1.165, 1.54) is 0 Å². The van der Waals surface area contributed by atoms with E-state index >= 15 is 0 Å². The fourth-order valence-corrected chi connectivity index (χ4v) is 1.73. The molecule has 0 spiro atoms. The molecule has 1 aliphatic carbocycles. The van der Waals surface area contributed by atoms with Gasteiger partial charge >= 0.3 is 0 Å². The lowest BCUT2D eigenvalue weighted by molar-refractivity contribution is -0.126. The molecule has 1 saturated carbocycles. The molecule has 1 fully saturated rings. The molecule has 1 aromatic heterocycles. The summed E-state index contributed by atoms with van der Waals surface area (Å²) in [6, 6.07) is 1.80. The summed E-state index contributed by atoms with van der Waals surface area (Å²) in [5.74, 6) is 0.948. The Balaban J connectivity index is 1.88. The van der Waals surface area contributed by atoms with Crippen LogP contribution in [0.3, 0.4) is 0 Å². The minimum absolute atomic E-state index is 0.115. The summed E-state index contributed by atoms with van der Waals surface area (Å²) in [7, 11) is 0. The highest BCUT2D eigenvalue weighted by molar-refractivity contribution is 5.86. The maximum absolute atomic E-state index is 11.8. The number of rotatable bonds is 4. The molecule has 1 aromatic rings. The van der Waals surface area contributed by atoms with Gasteiger partial charge in [0, 0.05) is 6.07 Å². The quantitative estimate of drug-likeness (QED) is 0.788. The Hall–Kier alpha value is -1.36. The van der Waals surface area contributed by atoms with Gasteiger partial charge in [0.25, 0.3) is 0 Å². The molecule has 1 heterocycles. The van der Waals surface area contributed by atoms with E-state index in [0.29, 0.717) is 12.5 Å². The summed E-state index contributed by atoms with van der Waals surface area (Å²) in [6.07, 6.45) is 2.09. The molecule has 0 aliphatic heterocycles. The van der Waals surface area contributed by atoms with Crippen LogP contribution in [0.1, 0.15) is 31.2 Å². The maximum atomic E-state index is 11.8. The van der Waals surface area contributed by atoms with Crippen molar-refractivity contribution in [1.82, 2.24) is 10.5 Å². The zero-order valence-corrected chi connectivity index (χ0v) is 9.62. The highest BCUT2D eigenvalue weighted by Gasteiger charge is 2.43. The number of nitrogens with two attached hydrogens (primary N) is 1. The SMILES string of the molecule is Cc1cc(CNC(=O)C(C)(N)C2CC2)no1. The second-order valence-corrected chi connectivity index (χ2v) is 4.67. The van der Waals surface area contributed by atoms with Gasteiger partial charge in [-0.3, -0.25) is 4.79 Å². The third-order valence-electron chi connectivity index (χ3n) is 3.02. The monoisotopic (exact) mass is 223 g/mol. The Bertz CT molecular complexity index is 394. The van der Waals surface area contributed by atoms with Gasteiger partial charge in [0.2, 0.25) is 5.91 Å². The Kier molecular flexibility index (Phi) is 2.71. The molecule has 1 aliphatic rings. The second-order valence-electron chi connectivity index (χ2n) is 4.67. The van der Waals surface area contributed by atoms with Crippen LogP contribution in [-0.2, 0) is 11.3 Å². The number of hydrogen-bond acceptors (Lipinski definition) is 4. The molecule has 5 heteroatoms. The summed E-state index contributed by atoms with van der Waals surface area (Å²) in [5.41, 5.74) is 5.95. The lowest BCUT2D eigenvalue weighted by Gasteiger charge is -2.22. The number of aromatic nitrogens is 1. The second kappa shape index (κ2) is 3.90. The van der Waals surface area contributed by atoms with Gasteiger partial charge in [0.15, 0.2) is 0 Å². The Morgan fingerprint density at radius 2 is 2.44 bits per heavy atom. The van der Waals surface area contributed by atoms with Crippen molar-refractivity contribution >= 4 is 5.91 Å². The van der Waals surface area contributed by atoms with Gasteiger partial charge in [-0.05, 0) is 32.6 Å². The van der Waals surface area contributed by atoms with Crippen LogP contribution >= 0.6 is 0 Å². The zero-order chi connectivity index (χ0) is 11.8. The largest absolute Gasteiger partial charge is 0.361 e. The van der Waals surface area contributed by atoms with E-state index in [1.807, 2.05) is 6.92 Å². The van der Waals surface area contributed by atoms with Crippen molar-refractivity contribution in [3.8, 4) is 0 Å². The minimum Gasteiger partial charge on any atom is -0.361 e. The summed E-state index contributed by atoms with van der Waals surface area (Å²) in [4.78, 5) is 11.8. The number of hydrogen-bond donors (Lipinski definition) is 2. The van der Waals surface area contributed by atoms with E-state index in [0.717, 1.165) is 24.3 Å². The lowest BCUT2D eigenvalue weighted by Crippen LogP contribution is -2.53. The van der Waals surface area contributed by atoms with Crippen LogP contribution in [0.15, 0.2) is 10.6 Å². The highest BCUT2D eigenvalue weighted by atomic mass is 16.5. The number of aryl methyl sites for hydroxylation is 1. The molecule has 1 atom stereocenters. The van der Waals surface area contributed by atoms with Crippen LogP contribution in [0.5, 0.6) is 0 Å². The molecular weight excluding hydrogens is 206 g/mol. The first-order chi connectivity index (χ1) is 7.50. The van der Waals surface area contributed by atoms with Crippen molar-refractivity contribution < 1.29 is 9.32 Å². The van der Waals surface area contributed by atoms with Crippen molar-refractivity contribution in [3.63, 3.8) is 0 Å². The number of nitrogens with one attached hydrogen (secondary N) is 1. The fraction of sp³-hybridized carbons (Fsp3) is 0.636. The van der Waals surface area contributed by atoms with E-state index in [9.17, 15) is 4.79 Å². The van der Waals surface area contributed by atoms with E-state index in [4.69, 9.17) is 10.3 Å². The molecule has 88 valence electrons. The van der Waals surface area contributed by atoms with Crippen LogP contribution in [0, 0.1) is 12.8 Å². The summed E-state index contributed by atoms with van der Waals surface area (Å²) in [5, 5.41) is 6.59. The van der Waals surface area contributed by atoms with Gasteiger partial charge in [-0.2, -0.15) is 0 Å². The first-order valence-corrected chi connectivity index (χ1v) is 5.49. The standard InChI is InChI=1S/C11H17N3O2/c1-7-5-9(14-16-7)6-13-10(15)11(2,12)8-3-4-8/h5,8H,3-4,6,12H2,1-2H3,(H,13,15). The summed E-state index contributed by atoms with van der Waals surface area (Å²) in [6.45, 7) is 3.97. The van der Waals surface area contributed by atoms with Crippen molar-refractivity contribution in [2.75, 3.05) is 0 Å². The number of carbonyl (C=O) groups excluding carboxylic acids is 1. The molecule has 0 radical (unpaired) electrons. The molecule has 3 N–H and O–H groups in total. The van der Waals surface area contributed by atoms with Gasteiger partial charge in [0.05, 0.1) is 12.1 Å².